The quantitative estimate of drug-likeness (QED) is 0.607. The van der Waals surface area contributed by atoms with Gasteiger partial charge >= 0.3 is 5.97 Å². The molecule has 0 aromatic heterocycles. The molecular formula is C24H32NO3+. The van der Waals surface area contributed by atoms with Crippen LogP contribution in [0.4, 0.5) is 0 Å². The normalized spacial score (nSPS) is 42.1. The zero-order chi connectivity index (χ0) is 19.5. The Morgan fingerprint density at radius 2 is 2.07 bits per heavy atom. The molecule has 0 bridgehead atoms. The van der Waals surface area contributed by atoms with E-state index in [-0.39, 0.29) is 29.3 Å². The highest BCUT2D eigenvalue weighted by molar-refractivity contribution is 5.76. The Morgan fingerprint density at radius 1 is 1.29 bits per heavy atom. The van der Waals surface area contributed by atoms with Crippen molar-refractivity contribution in [3.63, 3.8) is 0 Å². The molecule has 4 heteroatoms. The van der Waals surface area contributed by atoms with Crippen molar-refractivity contribution in [3.05, 3.63) is 47.0 Å². The van der Waals surface area contributed by atoms with E-state index >= 15 is 0 Å². The van der Waals surface area contributed by atoms with Crippen LogP contribution in [0.15, 0.2) is 35.9 Å². The summed E-state index contributed by atoms with van der Waals surface area (Å²) in [5.41, 5.74) is 3.94. The largest absolute Gasteiger partial charge is 0.461 e. The van der Waals surface area contributed by atoms with Crippen molar-refractivity contribution in [3.8, 4) is 0 Å². The van der Waals surface area contributed by atoms with Crippen molar-refractivity contribution in [1.29, 1.82) is 0 Å². The first-order chi connectivity index (χ1) is 13.5. The van der Waals surface area contributed by atoms with Crippen LogP contribution in [-0.4, -0.2) is 36.4 Å². The number of hydrogen-bond acceptors (Lipinski definition) is 3. The predicted molar refractivity (Wildman–Crippen MR) is 107 cm³/mol. The van der Waals surface area contributed by atoms with Crippen molar-refractivity contribution in [2.45, 2.75) is 58.3 Å². The molecule has 28 heavy (non-hydrogen) atoms. The summed E-state index contributed by atoms with van der Waals surface area (Å²) in [5.74, 6) is 0.0950. The monoisotopic (exact) mass is 382 g/mol. The minimum Gasteiger partial charge on any atom is -0.461 e. The van der Waals surface area contributed by atoms with Gasteiger partial charge < -0.3 is 14.7 Å². The Bertz CT molecular complexity index is 818. The second-order valence-corrected chi connectivity index (χ2v) is 9.70. The SMILES string of the molecule is C[C@H]1CCC=C2C[C@H]3OC(=O)[C@@H](C[NH+]4CCc5ccccc5C4)[C@H]3[C@@H](O)[C@@]21C. The van der Waals surface area contributed by atoms with Gasteiger partial charge in [-0.05, 0) is 24.3 Å². The van der Waals surface area contributed by atoms with Gasteiger partial charge in [-0.1, -0.05) is 49.8 Å². The summed E-state index contributed by atoms with van der Waals surface area (Å²) in [6, 6.07) is 8.64. The van der Waals surface area contributed by atoms with Gasteiger partial charge in [0.2, 0.25) is 0 Å². The number of esters is 1. The maximum absolute atomic E-state index is 12.8. The number of nitrogens with one attached hydrogen (secondary N) is 1. The summed E-state index contributed by atoms with van der Waals surface area (Å²) in [4.78, 5) is 14.3. The lowest BCUT2D eigenvalue weighted by Gasteiger charge is -2.51. The van der Waals surface area contributed by atoms with E-state index < -0.39 is 6.10 Å². The fourth-order valence-electron chi connectivity index (χ4n) is 6.43. The molecule has 1 aromatic rings. The van der Waals surface area contributed by atoms with E-state index in [0.717, 1.165) is 45.3 Å². The number of ether oxygens (including phenoxy) is 1. The molecule has 0 amide bonds. The molecule has 1 saturated carbocycles. The molecule has 150 valence electrons. The average molecular weight is 383 g/mol. The van der Waals surface area contributed by atoms with Crippen LogP contribution in [0.25, 0.3) is 0 Å². The second-order valence-electron chi connectivity index (χ2n) is 9.70. The number of benzene rings is 1. The minimum atomic E-state index is -0.499. The standard InChI is InChI=1S/C24H31NO3/c1-15-6-5-9-18-12-20-21(22(26)24(15,18)2)19(23(27)28-20)14-25-11-10-16-7-3-4-8-17(16)13-25/h3-4,7-9,15,19-22,26H,5-6,10-14H2,1-2H3/p+1/t15-,19-,20+,21+,22+,24+/m0/s1. The van der Waals surface area contributed by atoms with Crippen LogP contribution >= 0.6 is 0 Å². The molecule has 4 nitrogen and oxygen atoms in total. The lowest BCUT2D eigenvalue weighted by molar-refractivity contribution is -0.918. The van der Waals surface area contributed by atoms with Crippen molar-refractivity contribution in [1.82, 2.24) is 0 Å². The summed E-state index contributed by atoms with van der Waals surface area (Å²) in [6.45, 7) is 7.26. The number of carbonyl (C=O) groups is 1. The van der Waals surface area contributed by atoms with Crippen molar-refractivity contribution in [2.24, 2.45) is 23.2 Å². The van der Waals surface area contributed by atoms with E-state index in [1.807, 2.05) is 0 Å². The van der Waals surface area contributed by atoms with Gasteiger partial charge in [0.25, 0.3) is 0 Å². The molecule has 1 aromatic carbocycles. The third-order valence-electron chi connectivity index (χ3n) is 8.39. The maximum Gasteiger partial charge on any atom is 0.315 e. The van der Waals surface area contributed by atoms with Gasteiger partial charge in [-0.3, -0.25) is 4.79 Å². The highest BCUT2D eigenvalue weighted by Crippen LogP contribution is 2.55. The Labute approximate surface area is 167 Å². The van der Waals surface area contributed by atoms with Crippen LogP contribution in [0, 0.1) is 23.2 Å². The molecule has 2 heterocycles. The first kappa shape index (κ1) is 18.4. The molecule has 5 rings (SSSR count). The number of fused-ring (bicyclic) bond motifs is 3. The molecule has 2 fully saturated rings. The topological polar surface area (TPSA) is 51.0 Å². The van der Waals surface area contributed by atoms with Crippen LogP contribution in [0.1, 0.15) is 44.2 Å². The average Bonchev–Trinajstić information content (AvgIpc) is 2.99. The van der Waals surface area contributed by atoms with Crippen molar-refractivity contribution >= 4 is 5.97 Å². The van der Waals surface area contributed by atoms with Gasteiger partial charge in [0.05, 0.1) is 19.2 Å². The molecule has 2 aliphatic carbocycles. The zero-order valence-corrected chi connectivity index (χ0v) is 17.0. The van der Waals surface area contributed by atoms with Gasteiger partial charge in [0.1, 0.15) is 18.6 Å². The number of aliphatic hydroxyl groups is 1. The third kappa shape index (κ3) is 2.68. The van der Waals surface area contributed by atoms with Gasteiger partial charge in [-0.25, -0.2) is 0 Å². The van der Waals surface area contributed by atoms with E-state index in [1.165, 1.54) is 21.6 Å². The number of carbonyl (C=O) groups excluding carboxylic acids is 1. The fraction of sp³-hybridized carbons (Fsp3) is 0.625. The summed E-state index contributed by atoms with van der Waals surface area (Å²) < 4.78 is 5.84. The molecular weight excluding hydrogens is 350 g/mol. The van der Waals surface area contributed by atoms with Crippen molar-refractivity contribution < 1.29 is 19.5 Å². The van der Waals surface area contributed by atoms with Gasteiger partial charge in [0, 0.05) is 29.7 Å². The van der Waals surface area contributed by atoms with Crippen molar-refractivity contribution in [2.75, 3.05) is 13.1 Å². The molecule has 1 unspecified atom stereocenters. The van der Waals surface area contributed by atoms with Crippen LogP contribution in [0.2, 0.25) is 0 Å². The highest BCUT2D eigenvalue weighted by Gasteiger charge is 2.60. The lowest BCUT2D eigenvalue weighted by Crippen LogP contribution is -3.12. The van der Waals surface area contributed by atoms with Gasteiger partial charge in [-0.15, -0.1) is 0 Å². The molecule has 2 N–H and O–H groups in total. The summed E-state index contributed by atoms with van der Waals surface area (Å²) >= 11 is 0. The number of aliphatic hydroxyl groups excluding tert-OH is 1. The first-order valence-corrected chi connectivity index (χ1v) is 11.0. The van der Waals surface area contributed by atoms with Crippen LogP contribution < -0.4 is 4.90 Å². The molecule has 0 spiro atoms. The Kier molecular flexibility index (Phi) is 4.40. The van der Waals surface area contributed by atoms with E-state index in [9.17, 15) is 9.90 Å². The number of hydrogen-bond donors (Lipinski definition) is 2. The van der Waals surface area contributed by atoms with E-state index in [0.29, 0.717) is 5.92 Å². The Balaban J connectivity index is 1.39. The molecule has 7 atom stereocenters. The summed E-state index contributed by atoms with van der Waals surface area (Å²) in [5, 5.41) is 11.5. The number of allylic oxidation sites excluding steroid dienone is 1. The number of quaternary nitrogens is 1. The van der Waals surface area contributed by atoms with Crippen LogP contribution in [0.5, 0.6) is 0 Å². The fourth-order valence-corrected chi connectivity index (χ4v) is 6.43. The Morgan fingerprint density at radius 3 is 2.89 bits per heavy atom. The van der Waals surface area contributed by atoms with Crippen LogP contribution in [-0.2, 0) is 22.5 Å². The maximum atomic E-state index is 12.8. The van der Waals surface area contributed by atoms with E-state index in [1.54, 1.807) is 0 Å². The highest BCUT2D eigenvalue weighted by atomic mass is 16.6. The predicted octanol–water partition coefficient (Wildman–Crippen LogP) is 1.91. The zero-order valence-electron chi connectivity index (χ0n) is 17.0. The third-order valence-corrected chi connectivity index (χ3v) is 8.39. The molecule has 1 saturated heterocycles. The summed E-state index contributed by atoms with van der Waals surface area (Å²) in [7, 11) is 0. The lowest BCUT2D eigenvalue weighted by atomic mass is 9.55. The smallest absolute Gasteiger partial charge is 0.315 e. The number of rotatable bonds is 2. The second kappa shape index (κ2) is 6.70. The van der Waals surface area contributed by atoms with E-state index in [2.05, 4.69) is 44.2 Å². The van der Waals surface area contributed by atoms with Crippen LogP contribution in [0.3, 0.4) is 0 Å². The van der Waals surface area contributed by atoms with Gasteiger partial charge in [0.15, 0.2) is 0 Å². The molecule has 0 radical (unpaired) electrons. The van der Waals surface area contributed by atoms with E-state index in [4.69, 9.17) is 4.74 Å². The van der Waals surface area contributed by atoms with Gasteiger partial charge in [-0.2, -0.15) is 0 Å². The summed E-state index contributed by atoms with van der Waals surface area (Å²) in [6.07, 6.45) is 5.71. The first-order valence-electron chi connectivity index (χ1n) is 11.0. The Hall–Kier alpha value is -1.65. The minimum absolute atomic E-state index is 0.0696. The molecule has 4 aliphatic rings. The molecule has 2 aliphatic heterocycles.